The quantitative estimate of drug-likeness (QED) is 0.615. The van der Waals surface area contributed by atoms with E-state index in [1.54, 1.807) is 0 Å². The van der Waals surface area contributed by atoms with E-state index in [1.165, 1.54) is 7.11 Å². The van der Waals surface area contributed by atoms with Crippen LogP contribution in [0.5, 0.6) is 5.75 Å². The minimum absolute atomic E-state index is 0.0176. The molecule has 1 rings (SSSR count). The van der Waals surface area contributed by atoms with Crippen molar-refractivity contribution < 1.29 is 27.4 Å². The molecule has 0 unspecified atom stereocenters. The number of carbonyl (C=O) groups excluding carboxylic acids is 1. The van der Waals surface area contributed by atoms with Gasteiger partial charge in [-0.05, 0) is 0 Å². The van der Waals surface area contributed by atoms with Gasteiger partial charge >= 0.3 is 12.6 Å². The molecule has 1 aromatic rings. The highest BCUT2D eigenvalue weighted by molar-refractivity contribution is 5.72. The number of hydrogen-bond acceptors (Lipinski definition) is 5. The molecule has 0 bridgehead atoms. The summed E-state index contributed by atoms with van der Waals surface area (Å²) in [5.41, 5.74) is 5.72. The molecule has 1 aromatic carbocycles. The predicted octanol–water partition coefficient (Wildman–Crippen LogP) is 1.98. The summed E-state index contributed by atoms with van der Waals surface area (Å²) in [6.07, 6.45) is 0.0539. The maximum Gasteiger partial charge on any atom is 0.387 e. The van der Waals surface area contributed by atoms with Gasteiger partial charge in [0.25, 0.3) is 0 Å². The Balaban J connectivity index is 2.74. The lowest BCUT2D eigenvalue weighted by Gasteiger charge is -2.12. The van der Waals surface area contributed by atoms with Crippen molar-refractivity contribution in [3.63, 3.8) is 0 Å². The number of rotatable bonds is 6. The number of anilines is 2. The van der Waals surface area contributed by atoms with Gasteiger partial charge in [-0.2, -0.15) is 8.78 Å². The molecule has 19 heavy (non-hydrogen) atoms. The molecular weight excluding hydrogens is 265 g/mol. The molecule has 0 aliphatic heterocycles. The first-order chi connectivity index (χ1) is 8.93. The predicted molar refractivity (Wildman–Crippen MR) is 62.6 cm³/mol. The molecule has 0 atom stereocenters. The molecular formula is C11H13F3N2O3. The van der Waals surface area contributed by atoms with Crippen LogP contribution < -0.4 is 15.8 Å². The van der Waals surface area contributed by atoms with Gasteiger partial charge in [-0.15, -0.1) is 0 Å². The van der Waals surface area contributed by atoms with Crippen molar-refractivity contribution in [2.24, 2.45) is 0 Å². The number of alkyl halides is 2. The van der Waals surface area contributed by atoms with Crippen LogP contribution in [0.15, 0.2) is 12.1 Å². The van der Waals surface area contributed by atoms with Gasteiger partial charge in [0.1, 0.15) is 0 Å². The van der Waals surface area contributed by atoms with Crippen molar-refractivity contribution in [2.45, 2.75) is 13.0 Å². The van der Waals surface area contributed by atoms with E-state index in [0.717, 1.165) is 12.1 Å². The number of benzene rings is 1. The summed E-state index contributed by atoms with van der Waals surface area (Å²) in [6, 6.07) is 1.87. The van der Waals surface area contributed by atoms with E-state index in [9.17, 15) is 18.0 Å². The molecule has 0 saturated carbocycles. The van der Waals surface area contributed by atoms with Gasteiger partial charge in [-0.1, -0.05) is 0 Å². The lowest BCUT2D eigenvalue weighted by molar-refractivity contribution is -0.140. The summed E-state index contributed by atoms with van der Waals surface area (Å²) >= 11 is 0. The third-order valence-corrected chi connectivity index (χ3v) is 2.19. The number of ether oxygens (including phenoxy) is 2. The van der Waals surface area contributed by atoms with Gasteiger partial charge in [0.2, 0.25) is 0 Å². The first kappa shape index (κ1) is 14.9. The number of nitrogen functional groups attached to an aromatic ring is 1. The minimum Gasteiger partial charge on any atom is -0.469 e. The lowest BCUT2D eigenvalue weighted by Crippen LogP contribution is -2.11. The number of halogens is 3. The van der Waals surface area contributed by atoms with Crippen molar-refractivity contribution >= 4 is 17.3 Å². The summed E-state index contributed by atoms with van der Waals surface area (Å²) in [5, 5.41) is 2.70. The molecule has 0 fully saturated rings. The topological polar surface area (TPSA) is 73.6 Å². The number of esters is 1. The van der Waals surface area contributed by atoms with Gasteiger partial charge in [0, 0.05) is 18.7 Å². The van der Waals surface area contributed by atoms with E-state index < -0.39 is 24.1 Å². The van der Waals surface area contributed by atoms with Gasteiger partial charge in [0.15, 0.2) is 11.6 Å². The maximum absolute atomic E-state index is 13.3. The lowest BCUT2D eigenvalue weighted by atomic mass is 10.2. The second kappa shape index (κ2) is 6.72. The highest BCUT2D eigenvalue weighted by Gasteiger charge is 2.13. The Kier molecular flexibility index (Phi) is 5.28. The number of methoxy groups -OCH3 is 1. The Morgan fingerprint density at radius 1 is 1.47 bits per heavy atom. The molecule has 0 aliphatic rings. The molecule has 0 amide bonds. The fraction of sp³-hybridized carbons (Fsp3) is 0.364. The largest absolute Gasteiger partial charge is 0.469 e. The fourth-order valence-electron chi connectivity index (χ4n) is 1.31. The van der Waals surface area contributed by atoms with Crippen LogP contribution in [0.2, 0.25) is 0 Å². The smallest absolute Gasteiger partial charge is 0.387 e. The monoisotopic (exact) mass is 278 g/mol. The SMILES string of the molecule is COC(=O)CCNc1cc(OC(F)F)c(F)cc1N. The zero-order chi connectivity index (χ0) is 14.4. The van der Waals surface area contributed by atoms with Crippen molar-refractivity contribution in [1.29, 1.82) is 0 Å². The third kappa shape index (κ3) is 4.57. The third-order valence-electron chi connectivity index (χ3n) is 2.19. The van der Waals surface area contributed by atoms with Crippen LogP contribution in [0.3, 0.4) is 0 Å². The van der Waals surface area contributed by atoms with Crippen LogP contribution in [0.4, 0.5) is 24.5 Å². The van der Waals surface area contributed by atoms with E-state index in [4.69, 9.17) is 5.73 Å². The summed E-state index contributed by atoms with van der Waals surface area (Å²) < 4.78 is 45.7. The molecule has 0 heterocycles. The standard InChI is InChI=1S/C11H13F3N2O3/c1-18-10(17)2-3-16-8-5-9(19-11(13)14)6(12)4-7(8)15/h4-5,11,16H,2-3,15H2,1H3. The van der Waals surface area contributed by atoms with Crippen LogP contribution in [0, 0.1) is 5.82 Å². The fourth-order valence-corrected chi connectivity index (χ4v) is 1.31. The molecule has 0 radical (unpaired) electrons. The summed E-state index contributed by atoms with van der Waals surface area (Å²) in [4.78, 5) is 10.9. The average molecular weight is 278 g/mol. The molecule has 106 valence electrons. The van der Waals surface area contributed by atoms with Crippen LogP contribution in [0.25, 0.3) is 0 Å². The van der Waals surface area contributed by atoms with Crippen molar-refractivity contribution in [3.8, 4) is 5.75 Å². The zero-order valence-corrected chi connectivity index (χ0v) is 10.1. The first-order valence-corrected chi connectivity index (χ1v) is 5.28. The van der Waals surface area contributed by atoms with Gasteiger partial charge < -0.3 is 20.5 Å². The summed E-state index contributed by atoms with van der Waals surface area (Å²) in [7, 11) is 1.24. The molecule has 3 N–H and O–H groups in total. The van der Waals surface area contributed by atoms with Crippen LogP contribution in [-0.2, 0) is 9.53 Å². The molecule has 0 saturated heterocycles. The number of nitrogens with two attached hydrogens (primary N) is 1. The van der Waals surface area contributed by atoms with E-state index in [-0.39, 0.29) is 24.3 Å². The minimum atomic E-state index is -3.14. The van der Waals surface area contributed by atoms with Crippen LogP contribution >= 0.6 is 0 Å². The van der Waals surface area contributed by atoms with Gasteiger partial charge in [-0.25, -0.2) is 4.39 Å². The Labute approximate surface area is 107 Å². The molecule has 0 spiro atoms. The Hall–Kier alpha value is -2.12. The number of nitrogens with one attached hydrogen (secondary N) is 1. The Morgan fingerprint density at radius 3 is 2.74 bits per heavy atom. The highest BCUT2D eigenvalue weighted by atomic mass is 19.3. The summed E-state index contributed by atoms with van der Waals surface area (Å²) in [6.45, 7) is -2.97. The van der Waals surface area contributed by atoms with Crippen molar-refractivity contribution in [2.75, 3.05) is 24.7 Å². The average Bonchev–Trinajstić information content (AvgIpc) is 2.33. The normalized spacial score (nSPS) is 10.4. The number of hydrogen-bond donors (Lipinski definition) is 2. The van der Waals surface area contributed by atoms with Crippen molar-refractivity contribution in [3.05, 3.63) is 17.9 Å². The number of carbonyl (C=O) groups is 1. The van der Waals surface area contributed by atoms with Crippen LogP contribution in [0.1, 0.15) is 6.42 Å². The second-order valence-corrected chi connectivity index (χ2v) is 3.50. The molecule has 0 aliphatic carbocycles. The van der Waals surface area contributed by atoms with E-state index in [2.05, 4.69) is 14.8 Å². The van der Waals surface area contributed by atoms with Crippen LogP contribution in [-0.4, -0.2) is 26.2 Å². The van der Waals surface area contributed by atoms with Gasteiger partial charge in [-0.3, -0.25) is 4.79 Å². The molecule has 8 heteroatoms. The Morgan fingerprint density at radius 2 is 2.16 bits per heavy atom. The highest BCUT2D eigenvalue weighted by Crippen LogP contribution is 2.29. The zero-order valence-electron chi connectivity index (χ0n) is 10.1. The van der Waals surface area contributed by atoms with E-state index in [1.807, 2.05) is 0 Å². The first-order valence-electron chi connectivity index (χ1n) is 5.28. The molecule has 5 nitrogen and oxygen atoms in total. The summed E-state index contributed by atoms with van der Waals surface area (Å²) in [5.74, 6) is -2.06. The van der Waals surface area contributed by atoms with E-state index in [0.29, 0.717) is 0 Å². The second-order valence-electron chi connectivity index (χ2n) is 3.50. The molecule has 0 aromatic heterocycles. The Bertz CT molecular complexity index is 455. The van der Waals surface area contributed by atoms with Gasteiger partial charge in [0.05, 0.1) is 24.9 Å². The van der Waals surface area contributed by atoms with E-state index >= 15 is 0 Å². The maximum atomic E-state index is 13.3. The van der Waals surface area contributed by atoms with Crippen molar-refractivity contribution in [1.82, 2.24) is 0 Å².